The minimum atomic E-state index is -1.46. The molecule has 12 heteroatoms. The number of halogens is 4. The van der Waals surface area contributed by atoms with Crippen LogP contribution in [0.4, 0.5) is 17.6 Å². The molecule has 272 valence electrons. The predicted molar refractivity (Wildman–Crippen MR) is 195 cm³/mol. The fourth-order valence-electron chi connectivity index (χ4n) is 5.49. The first-order chi connectivity index (χ1) is 25.6. The average Bonchev–Trinajstić information content (AvgIpc) is 3.14. The number of fused-ring (bicyclic) bond motifs is 3. The largest absolute Gasteiger partial charge is 0.421 e. The van der Waals surface area contributed by atoms with Gasteiger partial charge >= 0.3 is 23.9 Å². The monoisotopic (exact) mass is 736 g/mol. The van der Waals surface area contributed by atoms with E-state index in [1.165, 1.54) is 42.5 Å². The first-order valence-electron chi connectivity index (χ1n) is 15.7. The van der Waals surface area contributed by atoms with Crippen LogP contribution in [-0.4, -0.2) is 23.9 Å². The van der Waals surface area contributed by atoms with Crippen LogP contribution in [0.3, 0.4) is 0 Å². The molecule has 0 unspecified atom stereocenters. The molecular formula is C42H28F4O8. The lowest BCUT2D eigenvalue weighted by molar-refractivity contribution is -0.132. The molecule has 0 amide bonds. The molecule has 0 fully saturated rings. The molecule has 0 aliphatic carbocycles. The van der Waals surface area contributed by atoms with Crippen molar-refractivity contribution in [3.8, 4) is 34.1 Å². The van der Waals surface area contributed by atoms with E-state index >= 15 is 0 Å². The zero-order chi connectivity index (χ0) is 39.4. The molecule has 0 aliphatic rings. The third-order valence-electron chi connectivity index (χ3n) is 8.18. The Labute approximate surface area is 305 Å². The van der Waals surface area contributed by atoms with Gasteiger partial charge in [0.25, 0.3) is 0 Å². The van der Waals surface area contributed by atoms with Crippen LogP contribution in [0, 0.1) is 0 Å². The number of ether oxygens (including phenoxy) is 4. The van der Waals surface area contributed by atoms with E-state index in [1.807, 2.05) is 6.92 Å². The van der Waals surface area contributed by atoms with Crippen LogP contribution >= 0.6 is 0 Å². The number of benzene rings is 5. The van der Waals surface area contributed by atoms with Gasteiger partial charge in [-0.15, -0.1) is 0 Å². The van der Waals surface area contributed by atoms with Crippen molar-refractivity contribution in [2.45, 2.75) is 13.8 Å². The number of allylic oxidation sites excluding steroid dienone is 2. The van der Waals surface area contributed by atoms with Gasteiger partial charge in [-0.3, -0.25) is 0 Å². The van der Waals surface area contributed by atoms with Gasteiger partial charge in [-0.25, -0.2) is 19.2 Å². The van der Waals surface area contributed by atoms with Crippen molar-refractivity contribution in [3.63, 3.8) is 0 Å². The maximum atomic E-state index is 13.9. The Morgan fingerprint density at radius 2 is 1.02 bits per heavy atom. The number of carbonyl (C=O) groups is 4. The van der Waals surface area contributed by atoms with E-state index in [2.05, 4.69) is 26.3 Å². The summed E-state index contributed by atoms with van der Waals surface area (Å²) in [4.78, 5) is 48.9. The molecule has 0 radical (unpaired) electrons. The average molecular weight is 737 g/mol. The Morgan fingerprint density at radius 1 is 0.500 bits per heavy atom. The van der Waals surface area contributed by atoms with Crippen LogP contribution in [-0.2, 0) is 19.2 Å². The Bertz CT molecular complexity index is 2500. The Kier molecular flexibility index (Phi) is 11.1. The third-order valence-corrected chi connectivity index (χ3v) is 8.18. The van der Waals surface area contributed by atoms with Crippen LogP contribution < -0.4 is 18.9 Å². The van der Waals surface area contributed by atoms with Crippen LogP contribution in [0.25, 0.3) is 43.8 Å². The molecular weight excluding hydrogens is 708 g/mol. The molecule has 0 aliphatic heterocycles. The third kappa shape index (κ3) is 8.02. The van der Waals surface area contributed by atoms with E-state index in [4.69, 9.17) is 18.9 Å². The van der Waals surface area contributed by atoms with Gasteiger partial charge in [0.2, 0.25) is 23.3 Å². The Hall–Kier alpha value is -7.08. The Balaban J connectivity index is 1.72. The molecule has 5 rings (SSSR count). The summed E-state index contributed by atoms with van der Waals surface area (Å²) in [7, 11) is 0. The number of esters is 4. The van der Waals surface area contributed by atoms with Crippen molar-refractivity contribution in [2.75, 3.05) is 0 Å². The predicted octanol–water partition coefficient (Wildman–Crippen LogP) is 10.2. The van der Waals surface area contributed by atoms with Crippen LogP contribution in [0.5, 0.6) is 23.0 Å². The molecule has 0 atom stereocenters. The highest BCUT2D eigenvalue weighted by Gasteiger charge is 2.23. The normalized spacial score (nSPS) is 11.3. The number of carbonyl (C=O) groups excluding carboxylic acids is 4. The standard InChI is InChI=1S/C42H28F4O8/c1-21(22(2)30-10-7-8-12-35(30)52-40(48)24(4)44)27-14-16-28(17-15-27)32-18-29(51-39(47)23(3)43)19-33-31-11-9-13-36(53-41(49)25(5)45)38(31)37(20-34(32)33)54-42(50)26(6)46/h7-20H,3-6H2,1-2H3/b22-21+. The summed E-state index contributed by atoms with van der Waals surface area (Å²) < 4.78 is 75.8. The van der Waals surface area contributed by atoms with E-state index < -0.39 is 47.2 Å². The van der Waals surface area contributed by atoms with Crippen molar-refractivity contribution in [1.82, 2.24) is 0 Å². The van der Waals surface area contributed by atoms with Crippen LogP contribution in [0.2, 0.25) is 0 Å². The molecule has 54 heavy (non-hydrogen) atoms. The van der Waals surface area contributed by atoms with Crippen molar-refractivity contribution < 1.29 is 55.7 Å². The highest BCUT2D eigenvalue weighted by molar-refractivity contribution is 6.17. The SMILES string of the molecule is C=C(F)C(=O)Oc1cc(-c2ccc(/C(C)=C(\C)c3ccccc3OC(=O)C(=C)F)cc2)c2cc(OC(=O)C(=C)F)c3c(OC(=O)C(=C)F)cccc3c2c1. The molecule has 0 bridgehead atoms. The van der Waals surface area contributed by atoms with Gasteiger partial charge in [-0.1, -0.05) is 80.9 Å². The summed E-state index contributed by atoms with van der Waals surface area (Å²) in [5, 5.41) is 0.763. The van der Waals surface area contributed by atoms with Gasteiger partial charge in [0.1, 0.15) is 23.0 Å². The molecule has 0 heterocycles. The lowest BCUT2D eigenvalue weighted by Gasteiger charge is -2.17. The zero-order valence-electron chi connectivity index (χ0n) is 28.7. The van der Waals surface area contributed by atoms with Gasteiger partial charge < -0.3 is 18.9 Å². The van der Waals surface area contributed by atoms with Gasteiger partial charge in [0.05, 0.1) is 5.39 Å². The van der Waals surface area contributed by atoms with E-state index in [0.29, 0.717) is 33.0 Å². The van der Waals surface area contributed by atoms with Crippen molar-refractivity contribution >= 4 is 56.6 Å². The molecule has 0 saturated carbocycles. The van der Waals surface area contributed by atoms with Crippen LogP contribution in [0.1, 0.15) is 25.0 Å². The summed E-state index contributed by atoms with van der Waals surface area (Å²) >= 11 is 0. The first kappa shape index (κ1) is 38.2. The molecule has 5 aromatic rings. The maximum absolute atomic E-state index is 13.9. The van der Waals surface area contributed by atoms with Gasteiger partial charge in [0, 0.05) is 5.56 Å². The van der Waals surface area contributed by atoms with E-state index in [-0.39, 0.29) is 33.8 Å². The van der Waals surface area contributed by atoms with E-state index in [0.717, 1.165) is 11.1 Å². The van der Waals surface area contributed by atoms with Crippen molar-refractivity contribution in [2.24, 2.45) is 0 Å². The lowest BCUT2D eigenvalue weighted by atomic mass is 9.91. The number of rotatable bonds is 11. The minimum Gasteiger partial charge on any atom is -0.421 e. The molecule has 0 aromatic heterocycles. The highest BCUT2D eigenvalue weighted by atomic mass is 19.1. The molecule has 0 N–H and O–H groups in total. The molecule has 0 saturated heterocycles. The van der Waals surface area contributed by atoms with Gasteiger partial charge in [-0.2, -0.15) is 17.6 Å². The molecule has 8 nitrogen and oxygen atoms in total. The smallest absolute Gasteiger partial charge is 0.371 e. The number of hydrogen-bond acceptors (Lipinski definition) is 8. The second kappa shape index (κ2) is 15.7. The van der Waals surface area contributed by atoms with Crippen molar-refractivity contribution in [1.29, 1.82) is 0 Å². The summed E-state index contributed by atoms with van der Waals surface area (Å²) in [5.41, 5.74) is 3.55. The van der Waals surface area contributed by atoms with Gasteiger partial charge in [0.15, 0.2) is 0 Å². The van der Waals surface area contributed by atoms with Crippen molar-refractivity contribution in [3.05, 3.63) is 146 Å². The van der Waals surface area contributed by atoms with Crippen LogP contribution in [0.15, 0.2) is 135 Å². The summed E-state index contributed by atoms with van der Waals surface area (Å²) in [6.07, 6.45) is 0. The first-order valence-corrected chi connectivity index (χ1v) is 15.7. The highest BCUT2D eigenvalue weighted by Crippen LogP contribution is 2.45. The summed E-state index contributed by atoms with van der Waals surface area (Å²) in [5.74, 6) is -11.6. The second-order valence-corrected chi connectivity index (χ2v) is 11.6. The maximum Gasteiger partial charge on any atom is 0.371 e. The van der Waals surface area contributed by atoms with E-state index in [9.17, 15) is 36.7 Å². The fourth-order valence-corrected chi connectivity index (χ4v) is 5.49. The fraction of sp³-hybridized carbons (Fsp3) is 0.0476. The lowest BCUT2D eigenvalue weighted by Crippen LogP contribution is -2.10. The number of para-hydroxylation sites is 1. The number of hydrogen-bond donors (Lipinski definition) is 0. The van der Waals surface area contributed by atoms with Gasteiger partial charge in [-0.05, 0) is 88.2 Å². The quantitative estimate of drug-likeness (QED) is 0.0330. The molecule has 5 aromatic carbocycles. The Morgan fingerprint density at radius 3 is 1.61 bits per heavy atom. The van der Waals surface area contributed by atoms with E-state index in [1.54, 1.807) is 49.4 Å². The topological polar surface area (TPSA) is 105 Å². The molecule has 0 spiro atoms. The minimum absolute atomic E-state index is 0.0769. The second-order valence-electron chi connectivity index (χ2n) is 11.6. The summed E-state index contributed by atoms with van der Waals surface area (Å²) in [6.45, 7) is 15.5. The summed E-state index contributed by atoms with van der Waals surface area (Å²) in [6, 6.07) is 21.9. The zero-order valence-corrected chi connectivity index (χ0v) is 28.7.